The van der Waals surface area contributed by atoms with Gasteiger partial charge in [0.2, 0.25) is 0 Å². The molecule has 0 saturated carbocycles. The monoisotopic (exact) mass is 462 g/mol. The van der Waals surface area contributed by atoms with Crippen molar-refractivity contribution in [2.75, 3.05) is 51.6 Å². The van der Waals surface area contributed by atoms with Crippen LogP contribution in [0.25, 0.3) is 21.1 Å². The van der Waals surface area contributed by atoms with Crippen LogP contribution < -0.4 is 10.6 Å². The fraction of sp³-hybridized carbons (Fsp3) is 0.360. The summed E-state index contributed by atoms with van der Waals surface area (Å²) in [4.78, 5) is 26.1. The van der Waals surface area contributed by atoms with Gasteiger partial charge in [0.15, 0.2) is 0 Å². The summed E-state index contributed by atoms with van der Waals surface area (Å²) >= 11 is 1.49. The molecule has 33 heavy (non-hydrogen) atoms. The predicted molar refractivity (Wildman–Crippen MR) is 137 cm³/mol. The number of thiophene rings is 1. The number of likely N-dealkylation sites (N-methyl/N-ethyl adjacent to an activating group) is 1. The maximum atomic E-state index is 12.8. The van der Waals surface area contributed by atoms with E-state index in [1.54, 1.807) is 6.20 Å². The van der Waals surface area contributed by atoms with Crippen molar-refractivity contribution in [1.29, 1.82) is 0 Å². The Bertz CT molecular complexity index is 1270. The van der Waals surface area contributed by atoms with E-state index in [0.717, 1.165) is 71.9 Å². The molecule has 0 spiro atoms. The van der Waals surface area contributed by atoms with Gasteiger partial charge in [-0.1, -0.05) is 0 Å². The second kappa shape index (κ2) is 9.51. The number of fused-ring (bicyclic) bond motifs is 2. The van der Waals surface area contributed by atoms with Crippen LogP contribution in [-0.2, 0) is 0 Å². The standard InChI is InChI=1S/C25H30N6OS/c1-17-14-18-15-19(4-5-20(18)28-17)29-21-6-8-26-22-16-23(33-24(21)22)25(32)27-7-3-9-31-12-10-30(2)11-13-31/h4-6,8,14-16,28H,3,7,9-13H2,1-2H3,(H,26,29)(H,27,32). The Morgan fingerprint density at radius 3 is 2.85 bits per heavy atom. The van der Waals surface area contributed by atoms with Crippen LogP contribution in [-0.4, -0.2) is 72.0 Å². The number of carbonyl (C=O) groups excluding carboxylic acids is 1. The second-order valence-corrected chi connectivity index (χ2v) is 9.87. The number of rotatable bonds is 7. The van der Waals surface area contributed by atoms with E-state index in [2.05, 4.69) is 68.6 Å². The van der Waals surface area contributed by atoms with Crippen molar-refractivity contribution < 1.29 is 4.79 Å². The third-order valence-corrected chi connectivity index (χ3v) is 7.36. The van der Waals surface area contributed by atoms with E-state index in [0.29, 0.717) is 11.4 Å². The number of aromatic nitrogens is 2. The van der Waals surface area contributed by atoms with Crippen LogP contribution in [0.5, 0.6) is 0 Å². The molecule has 0 atom stereocenters. The highest BCUT2D eigenvalue weighted by Crippen LogP contribution is 2.33. The molecule has 3 aromatic heterocycles. The number of piperazine rings is 1. The normalized spacial score (nSPS) is 15.3. The summed E-state index contributed by atoms with van der Waals surface area (Å²) < 4.78 is 0.991. The number of carbonyl (C=O) groups is 1. The molecule has 0 radical (unpaired) electrons. The van der Waals surface area contributed by atoms with Crippen molar-refractivity contribution in [2.45, 2.75) is 13.3 Å². The van der Waals surface area contributed by atoms with Gasteiger partial charge in [-0.25, -0.2) is 0 Å². The zero-order valence-electron chi connectivity index (χ0n) is 19.1. The summed E-state index contributed by atoms with van der Waals surface area (Å²) in [6, 6.07) is 12.3. The number of hydrogen-bond acceptors (Lipinski definition) is 6. The van der Waals surface area contributed by atoms with Gasteiger partial charge >= 0.3 is 0 Å². The topological polar surface area (TPSA) is 76.3 Å². The van der Waals surface area contributed by atoms with Gasteiger partial charge in [-0.3, -0.25) is 9.78 Å². The number of nitrogens with zero attached hydrogens (tertiary/aromatic N) is 3. The molecular formula is C25H30N6OS. The van der Waals surface area contributed by atoms with Crippen LogP contribution in [0.4, 0.5) is 11.4 Å². The molecule has 1 amide bonds. The van der Waals surface area contributed by atoms with Gasteiger partial charge in [0.25, 0.3) is 5.91 Å². The number of aryl methyl sites for hydroxylation is 1. The molecule has 172 valence electrons. The lowest BCUT2D eigenvalue weighted by molar-refractivity contribution is 0.0953. The lowest BCUT2D eigenvalue weighted by atomic mass is 10.2. The summed E-state index contributed by atoms with van der Waals surface area (Å²) in [5.74, 6) is -0.0217. The summed E-state index contributed by atoms with van der Waals surface area (Å²) in [5.41, 5.74) is 5.08. The van der Waals surface area contributed by atoms with Crippen LogP contribution in [0.3, 0.4) is 0 Å². The summed E-state index contributed by atoms with van der Waals surface area (Å²) in [6.45, 7) is 8.24. The van der Waals surface area contributed by atoms with Crippen LogP contribution >= 0.6 is 11.3 Å². The van der Waals surface area contributed by atoms with Crippen molar-refractivity contribution in [3.8, 4) is 0 Å². The van der Waals surface area contributed by atoms with Crippen molar-refractivity contribution >= 4 is 49.7 Å². The molecule has 0 bridgehead atoms. The minimum Gasteiger partial charge on any atom is -0.359 e. The Labute approximate surface area is 197 Å². The van der Waals surface area contributed by atoms with Crippen LogP contribution in [0.1, 0.15) is 21.8 Å². The van der Waals surface area contributed by atoms with Gasteiger partial charge in [-0.05, 0) is 63.3 Å². The first kappa shape index (κ1) is 21.9. The molecule has 0 unspecified atom stereocenters. The molecule has 7 nitrogen and oxygen atoms in total. The van der Waals surface area contributed by atoms with Gasteiger partial charge in [0.05, 0.1) is 20.8 Å². The highest BCUT2D eigenvalue weighted by Gasteiger charge is 2.15. The van der Waals surface area contributed by atoms with E-state index < -0.39 is 0 Å². The largest absolute Gasteiger partial charge is 0.359 e. The number of hydrogen-bond donors (Lipinski definition) is 3. The molecule has 3 N–H and O–H groups in total. The van der Waals surface area contributed by atoms with E-state index in [4.69, 9.17) is 0 Å². The van der Waals surface area contributed by atoms with Gasteiger partial charge in [-0.15, -0.1) is 11.3 Å². The number of pyridine rings is 1. The maximum absolute atomic E-state index is 12.8. The highest BCUT2D eigenvalue weighted by molar-refractivity contribution is 7.21. The van der Waals surface area contributed by atoms with Crippen LogP contribution in [0.2, 0.25) is 0 Å². The van der Waals surface area contributed by atoms with Gasteiger partial charge in [-0.2, -0.15) is 0 Å². The number of amides is 1. The number of benzene rings is 1. The molecule has 4 heterocycles. The third kappa shape index (κ3) is 5.03. The Balaban J connectivity index is 1.22. The molecule has 0 aliphatic carbocycles. The number of aromatic amines is 1. The van der Waals surface area contributed by atoms with Gasteiger partial charge in [0, 0.05) is 61.2 Å². The zero-order valence-corrected chi connectivity index (χ0v) is 20.0. The van der Waals surface area contributed by atoms with E-state index in [1.807, 2.05) is 12.1 Å². The Morgan fingerprint density at radius 1 is 1.15 bits per heavy atom. The average molecular weight is 463 g/mol. The van der Waals surface area contributed by atoms with Crippen LogP contribution in [0, 0.1) is 6.92 Å². The number of anilines is 2. The Hall–Kier alpha value is -2.94. The van der Waals surface area contributed by atoms with E-state index in [-0.39, 0.29) is 5.91 Å². The third-order valence-electron chi connectivity index (χ3n) is 6.20. The second-order valence-electron chi connectivity index (χ2n) is 8.82. The Morgan fingerprint density at radius 2 is 2.00 bits per heavy atom. The molecule has 1 aliphatic rings. The summed E-state index contributed by atoms with van der Waals surface area (Å²) in [5, 5.41) is 7.76. The predicted octanol–water partition coefficient (Wildman–Crippen LogP) is 4.20. The quantitative estimate of drug-likeness (QED) is 0.359. The molecule has 1 fully saturated rings. The minimum atomic E-state index is -0.0217. The van der Waals surface area contributed by atoms with Crippen LogP contribution in [0.15, 0.2) is 42.6 Å². The highest BCUT2D eigenvalue weighted by atomic mass is 32.1. The molecule has 1 saturated heterocycles. The molecule has 8 heteroatoms. The van der Waals surface area contributed by atoms with Gasteiger partial charge < -0.3 is 25.4 Å². The van der Waals surface area contributed by atoms with Crippen molar-refractivity contribution in [3.63, 3.8) is 0 Å². The average Bonchev–Trinajstić information content (AvgIpc) is 3.41. The first-order chi connectivity index (χ1) is 16.0. The first-order valence-electron chi connectivity index (χ1n) is 11.5. The Kier molecular flexibility index (Phi) is 6.30. The minimum absolute atomic E-state index is 0.0217. The molecule has 4 aromatic rings. The molecule has 5 rings (SSSR count). The SMILES string of the molecule is Cc1cc2cc(Nc3ccnc4cc(C(=O)NCCCN5CCN(C)CC5)sc34)ccc2[nH]1. The molecular weight excluding hydrogens is 432 g/mol. The van der Waals surface area contributed by atoms with E-state index in [9.17, 15) is 4.79 Å². The molecule has 1 aromatic carbocycles. The lowest BCUT2D eigenvalue weighted by Gasteiger charge is -2.32. The lowest BCUT2D eigenvalue weighted by Crippen LogP contribution is -2.45. The van der Waals surface area contributed by atoms with Crippen molar-refractivity contribution in [1.82, 2.24) is 25.1 Å². The smallest absolute Gasteiger partial charge is 0.261 e. The van der Waals surface area contributed by atoms with Crippen molar-refractivity contribution in [2.24, 2.45) is 0 Å². The summed E-state index contributed by atoms with van der Waals surface area (Å²) in [7, 11) is 2.17. The van der Waals surface area contributed by atoms with E-state index in [1.165, 1.54) is 16.7 Å². The number of nitrogens with one attached hydrogen (secondary N) is 3. The fourth-order valence-corrected chi connectivity index (χ4v) is 5.32. The summed E-state index contributed by atoms with van der Waals surface area (Å²) in [6.07, 6.45) is 2.75. The maximum Gasteiger partial charge on any atom is 0.261 e. The molecule has 1 aliphatic heterocycles. The fourth-order valence-electron chi connectivity index (χ4n) is 4.32. The van der Waals surface area contributed by atoms with Crippen molar-refractivity contribution in [3.05, 3.63) is 53.2 Å². The van der Waals surface area contributed by atoms with Gasteiger partial charge in [0.1, 0.15) is 0 Å². The van der Waals surface area contributed by atoms with E-state index >= 15 is 0 Å². The zero-order chi connectivity index (χ0) is 22.8. The number of H-pyrrole nitrogens is 1. The first-order valence-corrected chi connectivity index (χ1v) is 12.3.